The molecule has 0 N–H and O–H groups in total. The predicted octanol–water partition coefficient (Wildman–Crippen LogP) is 5.07. The van der Waals surface area contributed by atoms with Crippen molar-refractivity contribution in [1.29, 1.82) is 0 Å². The first-order valence-corrected chi connectivity index (χ1v) is 9.32. The lowest BCUT2D eigenvalue weighted by Crippen LogP contribution is -2.00. The van der Waals surface area contributed by atoms with Crippen LogP contribution in [0.25, 0.3) is 11.4 Å². The molecule has 3 aromatic rings. The Labute approximate surface area is 143 Å². The molecule has 0 bridgehead atoms. The standard InChI is InChI=1S/C17H18FN3S2/c1-4-21-16(14-10-22-12(3)11(14)2)19-20-17(21)23-9-13-7-5-6-8-15(13)18/h5-8,10H,4,9H2,1-3H3. The molecule has 0 amide bonds. The molecular formula is C17H18FN3S2. The number of thiophene rings is 1. The number of nitrogens with zero attached hydrogens (tertiary/aromatic N) is 3. The molecule has 0 saturated carbocycles. The summed E-state index contributed by atoms with van der Waals surface area (Å²) in [7, 11) is 0. The van der Waals surface area contributed by atoms with Gasteiger partial charge >= 0.3 is 0 Å². The van der Waals surface area contributed by atoms with Crippen molar-refractivity contribution in [2.75, 3.05) is 0 Å². The minimum Gasteiger partial charge on any atom is -0.302 e. The molecule has 23 heavy (non-hydrogen) atoms. The highest BCUT2D eigenvalue weighted by Gasteiger charge is 2.17. The first-order chi connectivity index (χ1) is 11.1. The lowest BCUT2D eigenvalue weighted by Gasteiger charge is -2.07. The van der Waals surface area contributed by atoms with Gasteiger partial charge in [0.1, 0.15) is 5.82 Å². The predicted molar refractivity (Wildman–Crippen MR) is 94.4 cm³/mol. The summed E-state index contributed by atoms with van der Waals surface area (Å²) in [6.45, 7) is 7.09. The molecule has 2 heterocycles. The van der Waals surface area contributed by atoms with Gasteiger partial charge in [-0.15, -0.1) is 21.5 Å². The molecule has 0 radical (unpaired) electrons. The second-order valence-corrected chi connectivity index (χ2v) is 7.29. The quantitative estimate of drug-likeness (QED) is 0.603. The number of hydrogen-bond donors (Lipinski definition) is 0. The van der Waals surface area contributed by atoms with Crippen molar-refractivity contribution in [2.24, 2.45) is 0 Å². The van der Waals surface area contributed by atoms with E-state index in [1.807, 2.05) is 12.1 Å². The summed E-state index contributed by atoms with van der Waals surface area (Å²) in [4.78, 5) is 1.30. The van der Waals surface area contributed by atoms with E-state index in [4.69, 9.17) is 0 Å². The molecule has 0 aliphatic heterocycles. The van der Waals surface area contributed by atoms with Gasteiger partial charge in [0, 0.05) is 28.1 Å². The maximum Gasteiger partial charge on any atom is 0.191 e. The van der Waals surface area contributed by atoms with Gasteiger partial charge in [0.25, 0.3) is 0 Å². The third kappa shape index (κ3) is 3.19. The first-order valence-electron chi connectivity index (χ1n) is 7.46. The molecule has 0 aliphatic rings. The van der Waals surface area contributed by atoms with E-state index in [-0.39, 0.29) is 5.82 Å². The Morgan fingerprint density at radius 1 is 1.22 bits per heavy atom. The molecule has 6 heteroatoms. The van der Waals surface area contributed by atoms with Crippen LogP contribution < -0.4 is 0 Å². The Bertz CT molecular complexity index is 823. The monoisotopic (exact) mass is 347 g/mol. The molecule has 2 aromatic heterocycles. The van der Waals surface area contributed by atoms with E-state index in [9.17, 15) is 4.39 Å². The van der Waals surface area contributed by atoms with E-state index in [0.717, 1.165) is 23.1 Å². The molecule has 0 spiro atoms. The summed E-state index contributed by atoms with van der Waals surface area (Å²) >= 11 is 3.25. The minimum atomic E-state index is -0.174. The Hall–Kier alpha value is -1.66. The van der Waals surface area contributed by atoms with Crippen LogP contribution >= 0.6 is 23.1 Å². The lowest BCUT2D eigenvalue weighted by atomic mass is 10.1. The highest BCUT2D eigenvalue weighted by Crippen LogP contribution is 2.32. The number of aryl methyl sites for hydroxylation is 1. The van der Waals surface area contributed by atoms with Gasteiger partial charge in [-0.25, -0.2) is 4.39 Å². The van der Waals surface area contributed by atoms with Crippen molar-refractivity contribution in [2.45, 2.75) is 38.2 Å². The van der Waals surface area contributed by atoms with Crippen molar-refractivity contribution in [3.8, 4) is 11.4 Å². The fraction of sp³-hybridized carbons (Fsp3) is 0.294. The van der Waals surface area contributed by atoms with Crippen molar-refractivity contribution >= 4 is 23.1 Å². The third-order valence-electron chi connectivity index (χ3n) is 3.87. The molecule has 0 aliphatic carbocycles. The van der Waals surface area contributed by atoms with Gasteiger partial charge in [0.15, 0.2) is 11.0 Å². The highest BCUT2D eigenvalue weighted by molar-refractivity contribution is 7.98. The van der Waals surface area contributed by atoms with E-state index >= 15 is 0 Å². The van der Waals surface area contributed by atoms with E-state index in [1.54, 1.807) is 17.4 Å². The molecular weight excluding hydrogens is 329 g/mol. The summed E-state index contributed by atoms with van der Waals surface area (Å²) in [6, 6.07) is 6.86. The topological polar surface area (TPSA) is 30.7 Å². The zero-order valence-electron chi connectivity index (χ0n) is 13.3. The van der Waals surface area contributed by atoms with Crippen LogP contribution in [0, 0.1) is 19.7 Å². The highest BCUT2D eigenvalue weighted by atomic mass is 32.2. The molecule has 1 aromatic carbocycles. The van der Waals surface area contributed by atoms with Crippen molar-refractivity contribution in [3.63, 3.8) is 0 Å². The lowest BCUT2D eigenvalue weighted by molar-refractivity contribution is 0.617. The van der Waals surface area contributed by atoms with Crippen LogP contribution in [0.5, 0.6) is 0 Å². The zero-order chi connectivity index (χ0) is 16.4. The SMILES string of the molecule is CCn1c(SCc2ccccc2F)nnc1-c1csc(C)c1C. The maximum absolute atomic E-state index is 13.7. The van der Waals surface area contributed by atoms with Gasteiger partial charge in [-0.2, -0.15) is 0 Å². The molecule has 3 nitrogen and oxygen atoms in total. The van der Waals surface area contributed by atoms with E-state index < -0.39 is 0 Å². The van der Waals surface area contributed by atoms with Crippen LogP contribution in [0.2, 0.25) is 0 Å². The third-order valence-corrected chi connectivity index (χ3v) is 5.90. The first kappa shape index (κ1) is 16.2. The summed E-state index contributed by atoms with van der Waals surface area (Å²) in [6.07, 6.45) is 0. The van der Waals surface area contributed by atoms with Crippen LogP contribution in [-0.2, 0) is 12.3 Å². The second kappa shape index (κ2) is 6.84. The Kier molecular flexibility index (Phi) is 4.82. The summed E-state index contributed by atoms with van der Waals surface area (Å²) in [5.74, 6) is 1.27. The second-order valence-electron chi connectivity index (χ2n) is 5.26. The number of thioether (sulfide) groups is 1. The van der Waals surface area contributed by atoms with Gasteiger partial charge in [-0.3, -0.25) is 0 Å². The normalized spacial score (nSPS) is 11.1. The zero-order valence-corrected chi connectivity index (χ0v) is 15.0. The maximum atomic E-state index is 13.7. The fourth-order valence-electron chi connectivity index (χ4n) is 2.37. The number of aromatic nitrogens is 3. The van der Waals surface area contributed by atoms with Gasteiger partial charge in [0.05, 0.1) is 0 Å². The molecule has 0 atom stereocenters. The minimum absolute atomic E-state index is 0.174. The van der Waals surface area contributed by atoms with Gasteiger partial charge in [0.2, 0.25) is 0 Å². The van der Waals surface area contributed by atoms with E-state index in [2.05, 4.69) is 40.9 Å². The Morgan fingerprint density at radius 3 is 2.65 bits per heavy atom. The molecule has 0 unspecified atom stereocenters. The van der Waals surface area contributed by atoms with Crippen molar-refractivity contribution < 1.29 is 4.39 Å². The Balaban J connectivity index is 1.87. The van der Waals surface area contributed by atoms with Crippen molar-refractivity contribution in [1.82, 2.24) is 14.8 Å². The Morgan fingerprint density at radius 2 is 2.00 bits per heavy atom. The molecule has 120 valence electrons. The average molecular weight is 347 g/mol. The van der Waals surface area contributed by atoms with Crippen LogP contribution in [0.1, 0.15) is 22.9 Å². The van der Waals surface area contributed by atoms with Crippen LogP contribution in [0.3, 0.4) is 0 Å². The van der Waals surface area contributed by atoms with Crippen LogP contribution in [-0.4, -0.2) is 14.8 Å². The van der Waals surface area contributed by atoms with E-state index in [0.29, 0.717) is 11.3 Å². The van der Waals surface area contributed by atoms with Gasteiger partial charge in [-0.1, -0.05) is 30.0 Å². The average Bonchev–Trinajstić information content (AvgIpc) is 3.10. The number of halogens is 1. The van der Waals surface area contributed by atoms with E-state index in [1.165, 1.54) is 28.3 Å². The largest absolute Gasteiger partial charge is 0.302 e. The van der Waals surface area contributed by atoms with Crippen molar-refractivity contribution in [3.05, 3.63) is 51.5 Å². The van der Waals surface area contributed by atoms with Gasteiger partial charge < -0.3 is 4.57 Å². The smallest absolute Gasteiger partial charge is 0.191 e. The molecule has 0 fully saturated rings. The summed E-state index contributed by atoms with van der Waals surface area (Å²) < 4.78 is 15.8. The number of rotatable bonds is 5. The fourth-order valence-corrected chi connectivity index (χ4v) is 4.22. The number of hydrogen-bond acceptors (Lipinski definition) is 4. The van der Waals surface area contributed by atoms with Gasteiger partial charge in [-0.05, 0) is 38.0 Å². The molecule has 3 rings (SSSR count). The summed E-state index contributed by atoms with van der Waals surface area (Å²) in [5, 5.41) is 11.6. The van der Waals surface area contributed by atoms with Crippen LogP contribution in [0.15, 0.2) is 34.8 Å². The summed E-state index contributed by atoms with van der Waals surface area (Å²) in [5.41, 5.74) is 3.08. The number of benzene rings is 1. The van der Waals surface area contributed by atoms with Crippen LogP contribution in [0.4, 0.5) is 4.39 Å². The molecule has 0 saturated heterocycles.